The maximum Gasteiger partial charge on any atom is 0.225 e. The van der Waals surface area contributed by atoms with Gasteiger partial charge in [-0.1, -0.05) is 55.5 Å². The summed E-state index contributed by atoms with van der Waals surface area (Å²) in [4.78, 5) is 16.8. The van der Waals surface area contributed by atoms with Crippen LogP contribution in [0.4, 0.5) is 5.69 Å². The molecule has 0 saturated carbocycles. The molecule has 148 valence electrons. The van der Waals surface area contributed by atoms with Gasteiger partial charge in [0, 0.05) is 31.1 Å². The summed E-state index contributed by atoms with van der Waals surface area (Å²) in [5.41, 5.74) is 3.43. The predicted octanol–water partition coefficient (Wildman–Crippen LogP) is 3.86. The summed E-state index contributed by atoms with van der Waals surface area (Å²) in [5.74, 6) is 1.48. The molecular formula is C23H30N4O. The minimum atomic E-state index is 0.0635. The Labute approximate surface area is 167 Å². The van der Waals surface area contributed by atoms with Crippen molar-refractivity contribution < 1.29 is 4.79 Å². The van der Waals surface area contributed by atoms with Crippen molar-refractivity contribution in [3.05, 3.63) is 65.7 Å². The Hall–Kier alpha value is -2.82. The smallest absolute Gasteiger partial charge is 0.225 e. The molecule has 0 bridgehead atoms. The van der Waals surface area contributed by atoms with Crippen molar-refractivity contribution in [3.63, 3.8) is 0 Å². The number of aliphatic imine (C=N–C) groups is 1. The first kappa shape index (κ1) is 19.9. The molecule has 3 rings (SSSR count). The fourth-order valence-electron chi connectivity index (χ4n) is 3.56. The molecule has 2 unspecified atom stereocenters. The van der Waals surface area contributed by atoms with E-state index in [9.17, 15) is 4.79 Å². The molecule has 5 heteroatoms. The first-order chi connectivity index (χ1) is 13.7. The number of para-hydroxylation sites is 1. The van der Waals surface area contributed by atoms with Gasteiger partial charge in [0.2, 0.25) is 5.91 Å². The summed E-state index contributed by atoms with van der Waals surface area (Å²) in [6.07, 6.45) is 1.51. The molecule has 0 aliphatic carbocycles. The zero-order valence-electron chi connectivity index (χ0n) is 16.7. The van der Waals surface area contributed by atoms with Gasteiger partial charge < -0.3 is 16.0 Å². The number of nitrogens with one attached hydrogen (secondary N) is 3. The molecule has 2 aromatic carbocycles. The molecule has 28 heavy (non-hydrogen) atoms. The summed E-state index contributed by atoms with van der Waals surface area (Å²) in [7, 11) is 0. The van der Waals surface area contributed by atoms with Crippen LogP contribution in [0, 0.1) is 0 Å². The fourth-order valence-corrected chi connectivity index (χ4v) is 3.56. The van der Waals surface area contributed by atoms with Crippen molar-refractivity contribution in [1.82, 2.24) is 10.6 Å². The lowest BCUT2D eigenvalue weighted by Gasteiger charge is -2.24. The first-order valence-electron chi connectivity index (χ1n) is 10.1. The summed E-state index contributed by atoms with van der Waals surface area (Å²) < 4.78 is 0. The van der Waals surface area contributed by atoms with E-state index in [1.165, 1.54) is 11.1 Å². The average molecular weight is 379 g/mol. The van der Waals surface area contributed by atoms with E-state index in [2.05, 4.69) is 60.1 Å². The number of amides is 1. The molecule has 3 N–H and O–H groups in total. The van der Waals surface area contributed by atoms with Crippen molar-refractivity contribution in [2.45, 2.75) is 38.5 Å². The Morgan fingerprint density at radius 3 is 2.68 bits per heavy atom. The van der Waals surface area contributed by atoms with E-state index in [0.29, 0.717) is 18.9 Å². The van der Waals surface area contributed by atoms with E-state index in [-0.39, 0.29) is 11.8 Å². The Kier molecular flexibility index (Phi) is 7.06. The normalized spacial score (nSPS) is 17.4. The van der Waals surface area contributed by atoms with Crippen molar-refractivity contribution in [3.8, 4) is 0 Å². The third-order valence-corrected chi connectivity index (χ3v) is 5.16. The van der Waals surface area contributed by atoms with E-state index in [0.717, 1.165) is 31.2 Å². The fraction of sp³-hybridized carbons (Fsp3) is 0.391. The Bertz CT molecular complexity index is 803. The molecule has 1 aliphatic rings. The minimum Gasteiger partial charge on any atom is -0.357 e. The van der Waals surface area contributed by atoms with Crippen molar-refractivity contribution >= 4 is 17.6 Å². The van der Waals surface area contributed by atoms with Crippen LogP contribution in [-0.4, -0.2) is 31.5 Å². The largest absolute Gasteiger partial charge is 0.357 e. The summed E-state index contributed by atoms with van der Waals surface area (Å²) in [6.45, 7) is 6.56. The molecule has 0 spiro atoms. The van der Waals surface area contributed by atoms with E-state index in [1.54, 1.807) is 0 Å². The van der Waals surface area contributed by atoms with Crippen LogP contribution >= 0.6 is 0 Å². The average Bonchev–Trinajstić information content (AvgIpc) is 2.72. The zero-order valence-corrected chi connectivity index (χ0v) is 16.7. The highest BCUT2D eigenvalue weighted by molar-refractivity contribution is 5.94. The van der Waals surface area contributed by atoms with Crippen LogP contribution in [0.3, 0.4) is 0 Å². The van der Waals surface area contributed by atoms with Crippen LogP contribution in [0.15, 0.2) is 59.6 Å². The second-order valence-electron chi connectivity index (χ2n) is 7.28. The SMILES string of the molecule is CCNC(=NCC1CC(=O)Nc2ccccc21)NCCC(C)c1ccccc1. The van der Waals surface area contributed by atoms with Crippen LogP contribution in [-0.2, 0) is 4.79 Å². The number of carbonyl (C=O) groups excluding carboxylic acids is 1. The number of nitrogens with zero attached hydrogens (tertiary/aromatic N) is 1. The number of benzene rings is 2. The number of carbonyl (C=O) groups is 1. The monoisotopic (exact) mass is 378 g/mol. The van der Waals surface area contributed by atoms with Gasteiger partial charge in [0.15, 0.2) is 5.96 Å². The molecular weight excluding hydrogens is 348 g/mol. The molecule has 0 aromatic heterocycles. The Morgan fingerprint density at radius 2 is 1.89 bits per heavy atom. The highest BCUT2D eigenvalue weighted by Gasteiger charge is 2.24. The van der Waals surface area contributed by atoms with Gasteiger partial charge in [-0.2, -0.15) is 0 Å². The summed E-state index contributed by atoms with van der Waals surface area (Å²) >= 11 is 0. The second kappa shape index (κ2) is 9.93. The van der Waals surface area contributed by atoms with E-state index in [1.807, 2.05) is 24.3 Å². The Balaban J connectivity index is 1.58. The number of hydrogen-bond donors (Lipinski definition) is 3. The highest BCUT2D eigenvalue weighted by Crippen LogP contribution is 2.31. The number of hydrogen-bond acceptors (Lipinski definition) is 2. The lowest BCUT2D eigenvalue weighted by Crippen LogP contribution is -2.38. The molecule has 1 amide bonds. The van der Waals surface area contributed by atoms with E-state index >= 15 is 0 Å². The molecule has 1 heterocycles. The number of fused-ring (bicyclic) bond motifs is 1. The molecule has 2 atom stereocenters. The molecule has 0 saturated heterocycles. The number of anilines is 1. The number of guanidine groups is 1. The molecule has 2 aromatic rings. The quantitative estimate of drug-likeness (QED) is 0.506. The van der Waals surface area contributed by atoms with Crippen LogP contribution in [0.5, 0.6) is 0 Å². The lowest BCUT2D eigenvalue weighted by molar-refractivity contribution is -0.116. The van der Waals surface area contributed by atoms with Gasteiger partial charge in [-0.3, -0.25) is 9.79 Å². The van der Waals surface area contributed by atoms with Crippen molar-refractivity contribution in [1.29, 1.82) is 0 Å². The number of rotatable bonds is 7. The molecule has 5 nitrogen and oxygen atoms in total. The zero-order chi connectivity index (χ0) is 19.8. The van der Waals surface area contributed by atoms with Gasteiger partial charge in [-0.05, 0) is 36.5 Å². The van der Waals surface area contributed by atoms with Gasteiger partial charge in [0.25, 0.3) is 0 Å². The summed E-state index contributed by atoms with van der Waals surface area (Å²) in [6, 6.07) is 18.6. The van der Waals surface area contributed by atoms with Crippen molar-refractivity contribution in [2.75, 3.05) is 25.0 Å². The van der Waals surface area contributed by atoms with Gasteiger partial charge in [0.05, 0.1) is 6.54 Å². The van der Waals surface area contributed by atoms with Crippen molar-refractivity contribution in [2.24, 2.45) is 4.99 Å². The molecule has 0 radical (unpaired) electrons. The topological polar surface area (TPSA) is 65.5 Å². The van der Waals surface area contributed by atoms with E-state index < -0.39 is 0 Å². The van der Waals surface area contributed by atoms with Crippen LogP contribution in [0.25, 0.3) is 0 Å². The minimum absolute atomic E-state index is 0.0635. The third kappa shape index (κ3) is 5.35. The predicted molar refractivity (Wildman–Crippen MR) is 116 cm³/mol. The second-order valence-corrected chi connectivity index (χ2v) is 7.28. The maximum absolute atomic E-state index is 12.0. The molecule has 0 fully saturated rings. The highest BCUT2D eigenvalue weighted by atomic mass is 16.1. The van der Waals surface area contributed by atoms with Gasteiger partial charge in [0.1, 0.15) is 0 Å². The molecule has 1 aliphatic heterocycles. The van der Waals surface area contributed by atoms with Gasteiger partial charge in [-0.25, -0.2) is 0 Å². The standard InChI is InChI=1S/C23H30N4O/c1-3-24-23(25-14-13-17(2)18-9-5-4-6-10-18)26-16-19-15-22(28)27-21-12-8-7-11-20(19)21/h4-12,17,19H,3,13-16H2,1-2H3,(H,27,28)(H2,24,25,26). The van der Waals surface area contributed by atoms with Gasteiger partial charge >= 0.3 is 0 Å². The van der Waals surface area contributed by atoms with E-state index in [4.69, 9.17) is 4.99 Å². The lowest BCUT2D eigenvalue weighted by atomic mass is 9.91. The Morgan fingerprint density at radius 1 is 1.14 bits per heavy atom. The first-order valence-corrected chi connectivity index (χ1v) is 10.1. The van der Waals surface area contributed by atoms with Crippen LogP contribution < -0.4 is 16.0 Å². The van der Waals surface area contributed by atoms with Crippen LogP contribution in [0.2, 0.25) is 0 Å². The maximum atomic E-state index is 12.0. The van der Waals surface area contributed by atoms with Gasteiger partial charge in [-0.15, -0.1) is 0 Å². The third-order valence-electron chi connectivity index (χ3n) is 5.16. The van der Waals surface area contributed by atoms with Crippen LogP contribution in [0.1, 0.15) is 49.7 Å². The summed E-state index contributed by atoms with van der Waals surface area (Å²) in [5, 5.41) is 9.69.